The number of anilines is 1. The van der Waals surface area contributed by atoms with E-state index in [-0.39, 0.29) is 11.9 Å². The third kappa shape index (κ3) is 3.98. The number of hydrogen-bond donors (Lipinski definition) is 2. The maximum Gasteiger partial charge on any atom is 0.262 e. The third-order valence-corrected chi connectivity index (χ3v) is 2.70. The van der Waals surface area contributed by atoms with Crippen LogP contribution < -0.4 is 10.7 Å². The van der Waals surface area contributed by atoms with Crippen molar-refractivity contribution in [2.45, 2.75) is 19.9 Å². The second-order valence-electron chi connectivity index (χ2n) is 4.49. The summed E-state index contributed by atoms with van der Waals surface area (Å²) >= 11 is 0. The number of furan rings is 1. The summed E-state index contributed by atoms with van der Waals surface area (Å²) in [6.45, 7) is 3.78. The first-order valence-corrected chi connectivity index (χ1v) is 6.35. The van der Waals surface area contributed by atoms with Crippen LogP contribution in [0.4, 0.5) is 5.69 Å². The van der Waals surface area contributed by atoms with Crippen LogP contribution in [0.3, 0.4) is 0 Å². The van der Waals surface area contributed by atoms with Crippen LogP contribution >= 0.6 is 0 Å². The maximum absolute atomic E-state index is 11.8. The zero-order chi connectivity index (χ0) is 14.4. The Morgan fingerprint density at radius 1 is 1.35 bits per heavy atom. The topological polar surface area (TPSA) is 66.6 Å². The second kappa shape index (κ2) is 6.56. The molecule has 1 aromatic heterocycles. The molecule has 0 radical (unpaired) electrons. The number of aryl methyl sites for hydroxylation is 1. The van der Waals surface area contributed by atoms with Crippen molar-refractivity contribution in [3.63, 3.8) is 0 Å². The first kappa shape index (κ1) is 13.9. The van der Waals surface area contributed by atoms with E-state index in [2.05, 4.69) is 15.8 Å². The quantitative estimate of drug-likeness (QED) is 0.648. The Kier molecular flexibility index (Phi) is 4.55. The van der Waals surface area contributed by atoms with Crippen LogP contribution in [-0.2, 0) is 4.79 Å². The fraction of sp³-hybridized carbons (Fsp3) is 0.200. The molecule has 0 saturated heterocycles. The zero-order valence-electron chi connectivity index (χ0n) is 11.5. The van der Waals surface area contributed by atoms with E-state index in [1.165, 1.54) is 6.21 Å². The van der Waals surface area contributed by atoms with Gasteiger partial charge >= 0.3 is 0 Å². The van der Waals surface area contributed by atoms with E-state index in [1.807, 2.05) is 31.2 Å². The molecule has 2 aromatic rings. The maximum atomic E-state index is 11.8. The number of amides is 1. The minimum atomic E-state index is -0.384. The Labute approximate surface area is 117 Å². The molecular weight excluding hydrogens is 254 g/mol. The first-order chi connectivity index (χ1) is 9.65. The molecule has 1 aromatic carbocycles. The van der Waals surface area contributed by atoms with Gasteiger partial charge in [0.1, 0.15) is 11.8 Å². The molecule has 1 amide bonds. The van der Waals surface area contributed by atoms with Crippen LogP contribution in [0.1, 0.15) is 18.2 Å². The fourth-order valence-corrected chi connectivity index (χ4v) is 1.67. The molecule has 0 fully saturated rings. The highest BCUT2D eigenvalue weighted by atomic mass is 16.3. The van der Waals surface area contributed by atoms with E-state index in [9.17, 15) is 4.79 Å². The largest absolute Gasteiger partial charge is 0.463 e. The Hall–Kier alpha value is -2.56. The van der Waals surface area contributed by atoms with Crippen LogP contribution in [0.15, 0.2) is 52.2 Å². The molecule has 20 heavy (non-hydrogen) atoms. The number of benzene rings is 1. The molecule has 0 aliphatic rings. The molecule has 2 N–H and O–H groups in total. The SMILES string of the molecule is Cc1cccc(NC(C)C(=O)NN=Cc2ccco2)c1. The molecule has 5 nitrogen and oxygen atoms in total. The van der Waals surface area contributed by atoms with Crippen LogP contribution in [-0.4, -0.2) is 18.2 Å². The Balaban J connectivity index is 1.86. The molecule has 1 unspecified atom stereocenters. The van der Waals surface area contributed by atoms with Gasteiger partial charge in [-0.2, -0.15) is 5.10 Å². The summed E-state index contributed by atoms with van der Waals surface area (Å²) in [6.07, 6.45) is 3.00. The van der Waals surface area contributed by atoms with Crippen molar-refractivity contribution in [1.29, 1.82) is 0 Å². The molecule has 2 rings (SSSR count). The predicted octanol–water partition coefficient (Wildman–Crippen LogP) is 2.54. The minimum Gasteiger partial charge on any atom is -0.463 e. The summed E-state index contributed by atoms with van der Waals surface area (Å²) in [5.41, 5.74) is 4.51. The number of nitrogens with zero attached hydrogens (tertiary/aromatic N) is 1. The average Bonchev–Trinajstić information content (AvgIpc) is 2.91. The zero-order valence-corrected chi connectivity index (χ0v) is 11.5. The molecule has 0 aliphatic heterocycles. The van der Waals surface area contributed by atoms with Gasteiger partial charge in [-0.1, -0.05) is 12.1 Å². The van der Waals surface area contributed by atoms with Gasteiger partial charge in [-0.15, -0.1) is 0 Å². The van der Waals surface area contributed by atoms with Crippen LogP contribution in [0, 0.1) is 6.92 Å². The van der Waals surface area contributed by atoms with E-state index < -0.39 is 0 Å². The van der Waals surface area contributed by atoms with Crippen molar-refractivity contribution in [3.8, 4) is 0 Å². The lowest BCUT2D eigenvalue weighted by Crippen LogP contribution is -2.34. The number of carbonyl (C=O) groups is 1. The number of hydrazone groups is 1. The molecule has 0 aliphatic carbocycles. The lowest BCUT2D eigenvalue weighted by Gasteiger charge is -2.13. The van der Waals surface area contributed by atoms with Crippen molar-refractivity contribution in [1.82, 2.24) is 5.43 Å². The molecule has 0 saturated carbocycles. The average molecular weight is 271 g/mol. The third-order valence-electron chi connectivity index (χ3n) is 2.70. The van der Waals surface area contributed by atoms with E-state index in [4.69, 9.17) is 4.42 Å². The monoisotopic (exact) mass is 271 g/mol. The molecule has 104 valence electrons. The number of nitrogens with one attached hydrogen (secondary N) is 2. The van der Waals surface area contributed by atoms with Crippen LogP contribution in [0.2, 0.25) is 0 Å². The fourth-order valence-electron chi connectivity index (χ4n) is 1.67. The molecule has 1 heterocycles. The van der Waals surface area contributed by atoms with E-state index in [1.54, 1.807) is 25.3 Å². The molecule has 0 bridgehead atoms. The van der Waals surface area contributed by atoms with Gasteiger partial charge in [0.05, 0.1) is 12.5 Å². The Morgan fingerprint density at radius 2 is 2.20 bits per heavy atom. The summed E-state index contributed by atoms with van der Waals surface area (Å²) in [5.74, 6) is 0.374. The predicted molar refractivity (Wildman–Crippen MR) is 78.7 cm³/mol. The minimum absolute atomic E-state index is 0.214. The van der Waals surface area contributed by atoms with Gasteiger partial charge in [0.2, 0.25) is 0 Å². The molecule has 1 atom stereocenters. The van der Waals surface area contributed by atoms with E-state index in [0.717, 1.165) is 11.3 Å². The summed E-state index contributed by atoms with van der Waals surface area (Å²) in [5, 5.41) is 6.95. The molecular formula is C15H17N3O2. The van der Waals surface area contributed by atoms with Crippen molar-refractivity contribution in [2.75, 3.05) is 5.32 Å². The van der Waals surface area contributed by atoms with Gasteiger partial charge in [-0.05, 0) is 43.7 Å². The van der Waals surface area contributed by atoms with Gasteiger partial charge < -0.3 is 9.73 Å². The highest BCUT2D eigenvalue weighted by Gasteiger charge is 2.11. The van der Waals surface area contributed by atoms with Crippen molar-refractivity contribution in [2.24, 2.45) is 5.10 Å². The Morgan fingerprint density at radius 3 is 2.90 bits per heavy atom. The van der Waals surface area contributed by atoms with Gasteiger partial charge in [-0.3, -0.25) is 4.79 Å². The Bertz CT molecular complexity index is 591. The highest BCUT2D eigenvalue weighted by Crippen LogP contribution is 2.10. The molecule has 0 spiro atoms. The summed E-state index contributed by atoms with van der Waals surface area (Å²) in [6, 6.07) is 11.0. The lowest BCUT2D eigenvalue weighted by molar-refractivity contribution is -0.121. The standard InChI is InChI=1S/C15H17N3O2/c1-11-5-3-6-13(9-11)17-12(2)15(19)18-16-10-14-7-4-8-20-14/h3-10,12,17H,1-2H3,(H,18,19). The van der Waals surface area contributed by atoms with E-state index in [0.29, 0.717) is 5.76 Å². The van der Waals surface area contributed by atoms with Gasteiger partial charge in [0.15, 0.2) is 0 Å². The van der Waals surface area contributed by atoms with Crippen molar-refractivity contribution in [3.05, 3.63) is 54.0 Å². The normalized spacial score (nSPS) is 12.3. The second-order valence-corrected chi connectivity index (χ2v) is 4.49. The van der Waals surface area contributed by atoms with Crippen LogP contribution in [0.5, 0.6) is 0 Å². The highest BCUT2D eigenvalue weighted by molar-refractivity contribution is 5.85. The first-order valence-electron chi connectivity index (χ1n) is 6.35. The summed E-state index contributed by atoms with van der Waals surface area (Å²) in [4.78, 5) is 11.8. The molecule has 5 heteroatoms. The van der Waals surface area contributed by atoms with Gasteiger partial charge in [-0.25, -0.2) is 5.43 Å². The smallest absolute Gasteiger partial charge is 0.262 e. The van der Waals surface area contributed by atoms with Gasteiger partial charge in [0, 0.05) is 5.69 Å². The number of carbonyl (C=O) groups excluding carboxylic acids is 1. The van der Waals surface area contributed by atoms with E-state index >= 15 is 0 Å². The number of hydrogen-bond acceptors (Lipinski definition) is 4. The summed E-state index contributed by atoms with van der Waals surface area (Å²) in [7, 11) is 0. The lowest BCUT2D eigenvalue weighted by atomic mass is 10.2. The van der Waals surface area contributed by atoms with Crippen LogP contribution in [0.25, 0.3) is 0 Å². The van der Waals surface area contributed by atoms with Crippen molar-refractivity contribution >= 4 is 17.8 Å². The van der Waals surface area contributed by atoms with Gasteiger partial charge in [0.25, 0.3) is 5.91 Å². The van der Waals surface area contributed by atoms with Crippen molar-refractivity contribution < 1.29 is 9.21 Å². The number of rotatable bonds is 5. The summed E-state index contributed by atoms with van der Waals surface area (Å²) < 4.78 is 5.07.